The van der Waals surface area contributed by atoms with Gasteiger partial charge in [0.05, 0.1) is 27.8 Å². The Kier molecular flexibility index (Phi) is 9.64. The van der Waals surface area contributed by atoms with Gasteiger partial charge in [-0.3, -0.25) is 9.79 Å². The number of aromatic nitrogens is 1. The van der Waals surface area contributed by atoms with E-state index in [1.54, 1.807) is 46.0 Å². The van der Waals surface area contributed by atoms with Crippen molar-refractivity contribution < 1.29 is 31.9 Å². The van der Waals surface area contributed by atoms with E-state index in [9.17, 15) is 22.4 Å². The normalized spacial score (nSPS) is 23.4. The highest BCUT2D eigenvalue weighted by Gasteiger charge is 2.47. The Labute approximate surface area is 269 Å². The zero-order chi connectivity index (χ0) is 31.8. The number of nitrogens with one attached hydrogen (secondary N) is 1. The standard InChI is InChI=1S/C30H36BrFN4O6S2/c1-5-41-29(38)22-24(34-26(27-33-11-14-43-27)35-25(22)20-7-6-8-21(32)23(20)31)17-9-12-36(13-10-17)44(39,40)19-15-18(16-19)28(37)42-30(2,3)4/h6-8,11,14,17-19,25H,5,9-10,12-13,15-16H2,1-4H3,(H,34,35)/t18-,19+,25?. The number of hydrogen-bond acceptors (Lipinski definition) is 10. The number of ether oxygens (including phenoxy) is 2. The summed E-state index contributed by atoms with van der Waals surface area (Å²) in [6, 6.07) is 3.72. The van der Waals surface area contributed by atoms with Gasteiger partial charge < -0.3 is 14.8 Å². The van der Waals surface area contributed by atoms with Crippen molar-refractivity contribution in [1.82, 2.24) is 14.6 Å². The molecule has 0 spiro atoms. The van der Waals surface area contributed by atoms with E-state index < -0.39 is 44.6 Å². The number of halogens is 2. The van der Waals surface area contributed by atoms with Gasteiger partial charge in [0.15, 0.2) is 10.8 Å². The molecular weight excluding hydrogens is 675 g/mol. The molecule has 1 unspecified atom stereocenters. The molecule has 0 radical (unpaired) electrons. The van der Waals surface area contributed by atoms with E-state index in [2.05, 4.69) is 26.2 Å². The summed E-state index contributed by atoms with van der Waals surface area (Å²) < 4.78 is 54.2. The Balaban J connectivity index is 1.39. The van der Waals surface area contributed by atoms with Gasteiger partial charge in [-0.1, -0.05) is 12.1 Å². The Bertz CT molecular complexity index is 1570. The molecule has 44 heavy (non-hydrogen) atoms. The lowest BCUT2D eigenvalue weighted by molar-refractivity contribution is -0.162. The monoisotopic (exact) mass is 710 g/mol. The molecule has 1 N–H and O–H groups in total. The summed E-state index contributed by atoms with van der Waals surface area (Å²) in [5.41, 5.74) is 0.682. The molecule has 2 aromatic rings. The zero-order valence-electron chi connectivity index (χ0n) is 25.0. The van der Waals surface area contributed by atoms with Crippen LogP contribution in [0.1, 0.15) is 70.0 Å². The van der Waals surface area contributed by atoms with E-state index in [0.29, 0.717) is 34.9 Å². The summed E-state index contributed by atoms with van der Waals surface area (Å²) >= 11 is 4.72. The van der Waals surface area contributed by atoms with Crippen molar-refractivity contribution in [2.24, 2.45) is 16.8 Å². The summed E-state index contributed by atoms with van der Waals surface area (Å²) in [4.78, 5) is 35.1. The maximum atomic E-state index is 14.7. The first-order chi connectivity index (χ1) is 20.8. The van der Waals surface area contributed by atoms with Crippen molar-refractivity contribution in [3.63, 3.8) is 0 Å². The Morgan fingerprint density at radius 2 is 1.91 bits per heavy atom. The van der Waals surface area contributed by atoms with Crippen LogP contribution in [0.2, 0.25) is 0 Å². The quantitative estimate of drug-likeness (QED) is 0.375. The highest BCUT2D eigenvalue weighted by molar-refractivity contribution is 9.10. The number of amidine groups is 1. The average molecular weight is 712 g/mol. The number of nitrogens with zero attached hydrogens (tertiary/aromatic N) is 3. The molecule has 1 aromatic heterocycles. The maximum absolute atomic E-state index is 14.7. The van der Waals surface area contributed by atoms with Crippen molar-refractivity contribution in [2.75, 3.05) is 19.7 Å². The zero-order valence-corrected chi connectivity index (χ0v) is 28.2. The van der Waals surface area contributed by atoms with Crippen molar-refractivity contribution in [1.29, 1.82) is 0 Å². The molecule has 3 heterocycles. The molecule has 10 nitrogen and oxygen atoms in total. The molecule has 1 aromatic carbocycles. The number of piperidine rings is 1. The highest BCUT2D eigenvalue weighted by Crippen LogP contribution is 2.42. The van der Waals surface area contributed by atoms with Crippen molar-refractivity contribution >= 4 is 55.1 Å². The number of esters is 2. The van der Waals surface area contributed by atoms with Gasteiger partial charge in [0.2, 0.25) is 10.0 Å². The van der Waals surface area contributed by atoms with Crippen molar-refractivity contribution in [3.8, 4) is 0 Å². The van der Waals surface area contributed by atoms with Crippen LogP contribution in [-0.4, -0.2) is 66.0 Å². The number of thiazole rings is 1. The molecule has 0 bridgehead atoms. The molecule has 14 heteroatoms. The Morgan fingerprint density at radius 1 is 1.20 bits per heavy atom. The number of rotatable bonds is 8. The summed E-state index contributed by atoms with van der Waals surface area (Å²) in [5, 5.41) is 5.12. The summed E-state index contributed by atoms with van der Waals surface area (Å²) in [6.45, 7) is 7.71. The fraction of sp³-hybridized carbons (Fsp3) is 0.533. The minimum absolute atomic E-state index is 0.137. The van der Waals surface area contributed by atoms with Crippen molar-refractivity contribution in [2.45, 2.75) is 70.3 Å². The number of carbonyl (C=O) groups is 2. The Morgan fingerprint density at radius 3 is 2.52 bits per heavy atom. The third-order valence-corrected chi connectivity index (χ3v) is 11.9. The fourth-order valence-corrected chi connectivity index (χ4v) is 8.88. The van der Waals surface area contributed by atoms with Gasteiger partial charge in [0, 0.05) is 36.3 Å². The lowest BCUT2D eigenvalue weighted by Crippen LogP contribution is -2.50. The van der Waals surface area contributed by atoms with Gasteiger partial charge >= 0.3 is 11.9 Å². The van der Waals surface area contributed by atoms with Crippen LogP contribution in [0.4, 0.5) is 4.39 Å². The average Bonchev–Trinajstić information content (AvgIpc) is 3.47. The second kappa shape index (κ2) is 13.0. The van der Waals surface area contributed by atoms with E-state index >= 15 is 0 Å². The third-order valence-electron chi connectivity index (χ3n) is 7.96. The van der Waals surface area contributed by atoms with E-state index in [4.69, 9.17) is 14.5 Å². The van der Waals surface area contributed by atoms with Gasteiger partial charge in [-0.15, -0.1) is 11.3 Å². The van der Waals surface area contributed by atoms with E-state index in [1.807, 2.05) is 5.38 Å². The van der Waals surface area contributed by atoms with Crippen molar-refractivity contribution in [3.05, 3.63) is 61.9 Å². The second-order valence-corrected chi connectivity index (χ2v) is 16.0. The lowest BCUT2D eigenvalue weighted by Gasteiger charge is -2.40. The minimum Gasteiger partial charge on any atom is -0.463 e. The smallest absolute Gasteiger partial charge is 0.338 e. The predicted molar refractivity (Wildman–Crippen MR) is 168 cm³/mol. The van der Waals surface area contributed by atoms with Gasteiger partial charge in [-0.05, 0) is 80.9 Å². The van der Waals surface area contributed by atoms with Gasteiger partial charge in [0.25, 0.3) is 0 Å². The minimum atomic E-state index is -3.62. The first-order valence-electron chi connectivity index (χ1n) is 14.6. The van der Waals surface area contributed by atoms with Crippen LogP contribution >= 0.6 is 27.3 Å². The van der Waals surface area contributed by atoms with Crippen LogP contribution in [0, 0.1) is 17.7 Å². The maximum Gasteiger partial charge on any atom is 0.338 e. The topological polar surface area (TPSA) is 127 Å². The molecule has 1 saturated carbocycles. The predicted octanol–water partition coefficient (Wildman–Crippen LogP) is 5.12. The molecular formula is C30H36BrFN4O6S2. The lowest BCUT2D eigenvalue weighted by atomic mass is 9.85. The number of carbonyl (C=O) groups excluding carboxylic acids is 2. The van der Waals surface area contributed by atoms with E-state index in [1.165, 1.54) is 21.7 Å². The first kappa shape index (κ1) is 32.7. The largest absolute Gasteiger partial charge is 0.463 e. The molecule has 238 valence electrons. The second-order valence-electron chi connectivity index (χ2n) is 12.1. The summed E-state index contributed by atoms with van der Waals surface area (Å²) in [6.07, 6.45) is 3.02. The molecule has 0 amide bonds. The van der Waals surface area contributed by atoms with Crippen LogP contribution in [0.15, 0.2) is 50.5 Å². The van der Waals surface area contributed by atoms with Crippen LogP contribution in [0.5, 0.6) is 0 Å². The number of sulfonamides is 1. The number of benzene rings is 1. The summed E-state index contributed by atoms with van der Waals surface area (Å²) in [7, 11) is -3.62. The molecule has 2 aliphatic heterocycles. The fourth-order valence-electron chi connectivity index (χ4n) is 5.72. The molecule has 5 rings (SSSR count). The number of allylic oxidation sites excluding steroid dienone is 1. The van der Waals surface area contributed by atoms with E-state index in [-0.39, 0.29) is 54.5 Å². The van der Waals surface area contributed by atoms with Gasteiger partial charge in [0.1, 0.15) is 17.5 Å². The molecule has 1 atom stereocenters. The summed E-state index contributed by atoms with van der Waals surface area (Å²) in [5.74, 6) is -1.62. The van der Waals surface area contributed by atoms with Crippen LogP contribution in [0.25, 0.3) is 0 Å². The number of hydrogen-bond donors (Lipinski definition) is 1. The van der Waals surface area contributed by atoms with Gasteiger partial charge in [-0.25, -0.2) is 26.9 Å². The molecule has 1 aliphatic carbocycles. The SMILES string of the molecule is CCOC(=O)C1=C(C2CCN(S(=O)(=O)[C@H]3C[C@@H](C(=O)OC(C)(C)C)C3)CC2)NC(c2nccs2)=NC1c1cccc(F)c1Br. The van der Waals surface area contributed by atoms with Gasteiger partial charge in [-0.2, -0.15) is 0 Å². The molecule has 1 saturated heterocycles. The van der Waals surface area contributed by atoms with Crippen LogP contribution in [-0.2, 0) is 29.1 Å². The van der Waals surface area contributed by atoms with Crippen LogP contribution < -0.4 is 5.32 Å². The van der Waals surface area contributed by atoms with Crippen LogP contribution in [0.3, 0.4) is 0 Å². The molecule has 3 aliphatic rings. The van der Waals surface area contributed by atoms with E-state index in [0.717, 1.165) is 0 Å². The highest BCUT2D eigenvalue weighted by atomic mass is 79.9. The third kappa shape index (κ3) is 6.77. The Hall–Kier alpha value is -2.68. The molecule has 2 fully saturated rings. The first-order valence-corrected chi connectivity index (χ1v) is 17.8. The number of aliphatic imine (C=N–C) groups is 1.